The van der Waals surface area contributed by atoms with E-state index >= 15 is 0 Å². The van der Waals surface area contributed by atoms with Crippen molar-refractivity contribution in [3.63, 3.8) is 0 Å². The lowest BCUT2D eigenvalue weighted by atomic mass is 9.86. The normalized spacial score (nSPS) is 20.2. The molecule has 0 spiro atoms. The zero-order valence-electron chi connectivity index (χ0n) is 14.6. The van der Waals surface area contributed by atoms with Crippen LogP contribution in [0.1, 0.15) is 19.8 Å². The fourth-order valence-electron chi connectivity index (χ4n) is 2.93. The number of hydrogen-bond acceptors (Lipinski definition) is 6. The molecule has 2 rings (SSSR count). The van der Waals surface area contributed by atoms with Crippen molar-refractivity contribution in [2.24, 2.45) is 0 Å². The van der Waals surface area contributed by atoms with Crippen LogP contribution in [0.15, 0.2) is 23.1 Å². The number of nitrogens with zero attached hydrogens (tertiary/aromatic N) is 1. The summed E-state index contributed by atoms with van der Waals surface area (Å²) in [6.45, 7) is 2.48. The highest BCUT2D eigenvalue weighted by molar-refractivity contribution is 7.89. The van der Waals surface area contributed by atoms with E-state index in [4.69, 9.17) is 14.6 Å². The number of hydrogen-bond donors (Lipinski definition) is 2. The van der Waals surface area contributed by atoms with Crippen LogP contribution in [-0.2, 0) is 14.8 Å². The number of nitrogens with one attached hydrogen (secondary N) is 1. The quantitative estimate of drug-likeness (QED) is 0.664. The van der Waals surface area contributed by atoms with Crippen LogP contribution in [0.5, 0.6) is 11.5 Å². The maximum Gasteiger partial charge on any atom is 0.317 e. The topological polar surface area (TPSA) is 105 Å². The molecule has 0 aromatic heterocycles. The summed E-state index contributed by atoms with van der Waals surface area (Å²) in [5.74, 6) is -0.0795. The molecule has 0 amide bonds. The first-order valence-corrected chi connectivity index (χ1v) is 9.49. The molecule has 0 bridgehead atoms. The van der Waals surface area contributed by atoms with E-state index in [0.29, 0.717) is 30.9 Å². The minimum atomic E-state index is -3.68. The van der Waals surface area contributed by atoms with E-state index in [1.165, 1.54) is 26.4 Å². The standard InChI is InChI=1S/C16H24N2O6S/c1-4-18(10-16(19)20)12-7-11(8-12)17-25(21,22)13-5-6-14(23-2)15(9-13)24-3/h5-6,9,11-12,17H,4,7-8,10H2,1-3H3,(H,19,20). The lowest BCUT2D eigenvalue weighted by molar-refractivity contribution is -0.139. The molecule has 140 valence electrons. The van der Waals surface area contributed by atoms with Crippen molar-refractivity contribution in [2.45, 2.75) is 36.7 Å². The minimum Gasteiger partial charge on any atom is -0.493 e. The van der Waals surface area contributed by atoms with E-state index in [1.54, 1.807) is 6.07 Å². The predicted molar refractivity (Wildman–Crippen MR) is 91.6 cm³/mol. The minimum absolute atomic E-state index is 0.0314. The third-order valence-corrected chi connectivity index (χ3v) is 5.88. The second-order valence-electron chi connectivity index (χ2n) is 5.92. The number of sulfonamides is 1. The smallest absolute Gasteiger partial charge is 0.317 e. The molecule has 2 N–H and O–H groups in total. The zero-order valence-corrected chi connectivity index (χ0v) is 15.4. The zero-order chi connectivity index (χ0) is 18.6. The van der Waals surface area contributed by atoms with Crippen molar-refractivity contribution >= 4 is 16.0 Å². The molecule has 25 heavy (non-hydrogen) atoms. The molecular formula is C16H24N2O6S. The van der Waals surface area contributed by atoms with Gasteiger partial charge in [0.25, 0.3) is 0 Å². The van der Waals surface area contributed by atoms with Gasteiger partial charge in [0, 0.05) is 18.2 Å². The van der Waals surface area contributed by atoms with E-state index in [9.17, 15) is 13.2 Å². The van der Waals surface area contributed by atoms with Gasteiger partial charge in [0.15, 0.2) is 11.5 Å². The van der Waals surface area contributed by atoms with Crippen molar-refractivity contribution in [1.82, 2.24) is 9.62 Å². The molecular weight excluding hydrogens is 348 g/mol. The van der Waals surface area contributed by atoms with Gasteiger partial charge < -0.3 is 14.6 Å². The summed E-state index contributed by atoms with van der Waals surface area (Å²) in [6.07, 6.45) is 1.18. The summed E-state index contributed by atoms with van der Waals surface area (Å²) < 4.78 is 37.9. The Bertz CT molecular complexity index is 715. The highest BCUT2D eigenvalue weighted by Gasteiger charge is 2.36. The number of carbonyl (C=O) groups is 1. The maximum absolute atomic E-state index is 12.5. The van der Waals surface area contributed by atoms with E-state index in [-0.39, 0.29) is 23.5 Å². The second kappa shape index (κ2) is 8.03. The molecule has 0 unspecified atom stereocenters. The fourth-order valence-corrected chi connectivity index (χ4v) is 4.20. The summed E-state index contributed by atoms with van der Waals surface area (Å²) in [6, 6.07) is 4.30. The second-order valence-corrected chi connectivity index (χ2v) is 7.63. The summed E-state index contributed by atoms with van der Waals surface area (Å²) in [4.78, 5) is 12.8. The van der Waals surface area contributed by atoms with Crippen LogP contribution in [0, 0.1) is 0 Å². The van der Waals surface area contributed by atoms with Gasteiger partial charge in [-0.15, -0.1) is 0 Å². The van der Waals surface area contributed by atoms with Crippen LogP contribution in [-0.4, -0.2) is 63.8 Å². The highest BCUT2D eigenvalue weighted by atomic mass is 32.2. The third kappa shape index (κ3) is 4.62. The predicted octanol–water partition coefficient (Wildman–Crippen LogP) is 0.920. The Kier molecular flexibility index (Phi) is 6.26. The summed E-state index contributed by atoms with van der Waals surface area (Å²) in [7, 11) is -0.751. The van der Waals surface area contributed by atoms with Crippen molar-refractivity contribution in [2.75, 3.05) is 27.3 Å². The van der Waals surface area contributed by atoms with Gasteiger partial charge in [0.05, 0.1) is 25.7 Å². The van der Waals surface area contributed by atoms with Gasteiger partial charge in [-0.25, -0.2) is 13.1 Å². The van der Waals surface area contributed by atoms with Crippen LogP contribution >= 0.6 is 0 Å². The molecule has 1 saturated carbocycles. The molecule has 1 aromatic rings. The molecule has 1 aliphatic rings. The lowest BCUT2D eigenvalue weighted by Crippen LogP contribution is -2.54. The molecule has 0 radical (unpaired) electrons. The number of likely N-dealkylation sites (N-methyl/N-ethyl adjacent to an activating group) is 1. The molecule has 0 heterocycles. The van der Waals surface area contributed by atoms with Gasteiger partial charge in [-0.05, 0) is 31.5 Å². The van der Waals surface area contributed by atoms with Crippen molar-refractivity contribution in [3.8, 4) is 11.5 Å². The van der Waals surface area contributed by atoms with Crippen LogP contribution in [0.25, 0.3) is 0 Å². The Morgan fingerprint density at radius 2 is 1.92 bits per heavy atom. The first kappa shape index (κ1) is 19.5. The number of methoxy groups -OCH3 is 2. The van der Waals surface area contributed by atoms with E-state index < -0.39 is 16.0 Å². The Balaban J connectivity index is 2.00. The highest BCUT2D eigenvalue weighted by Crippen LogP contribution is 2.31. The van der Waals surface area contributed by atoms with Gasteiger partial charge in [-0.1, -0.05) is 6.92 Å². The average Bonchev–Trinajstić information content (AvgIpc) is 2.55. The Morgan fingerprint density at radius 1 is 1.28 bits per heavy atom. The van der Waals surface area contributed by atoms with Crippen molar-refractivity contribution in [3.05, 3.63) is 18.2 Å². The number of rotatable bonds is 9. The van der Waals surface area contributed by atoms with Crippen LogP contribution < -0.4 is 14.2 Å². The summed E-state index contributed by atoms with van der Waals surface area (Å²) in [5.41, 5.74) is 0. The molecule has 1 aliphatic carbocycles. The summed E-state index contributed by atoms with van der Waals surface area (Å²) in [5, 5.41) is 8.90. The van der Waals surface area contributed by atoms with Crippen molar-refractivity contribution < 1.29 is 27.8 Å². The first-order valence-electron chi connectivity index (χ1n) is 8.01. The first-order chi connectivity index (χ1) is 11.8. The van der Waals surface area contributed by atoms with Crippen LogP contribution in [0.4, 0.5) is 0 Å². The van der Waals surface area contributed by atoms with Gasteiger partial charge in [-0.3, -0.25) is 9.69 Å². The molecule has 1 fully saturated rings. The number of aliphatic carboxylic acids is 1. The van der Waals surface area contributed by atoms with Gasteiger partial charge in [-0.2, -0.15) is 0 Å². The molecule has 0 atom stereocenters. The number of benzene rings is 1. The van der Waals surface area contributed by atoms with Crippen LogP contribution in [0.3, 0.4) is 0 Å². The number of ether oxygens (including phenoxy) is 2. The Hall–Kier alpha value is -1.84. The monoisotopic (exact) mass is 372 g/mol. The SMILES string of the molecule is CCN(CC(=O)O)C1CC(NS(=O)(=O)c2ccc(OC)c(OC)c2)C1. The molecule has 0 saturated heterocycles. The molecule has 9 heteroatoms. The van der Waals surface area contributed by atoms with Gasteiger partial charge in [0.1, 0.15) is 0 Å². The van der Waals surface area contributed by atoms with E-state index in [2.05, 4.69) is 4.72 Å². The molecule has 1 aromatic carbocycles. The molecule has 0 aliphatic heterocycles. The largest absolute Gasteiger partial charge is 0.493 e. The van der Waals surface area contributed by atoms with Crippen LogP contribution in [0.2, 0.25) is 0 Å². The third-order valence-electron chi connectivity index (χ3n) is 4.36. The number of carboxylic acids is 1. The molecule has 8 nitrogen and oxygen atoms in total. The fraction of sp³-hybridized carbons (Fsp3) is 0.562. The van der Waals surface area contributed by atoms with Gasteiger partial charge in [0.2, 0.25) is 10.0 Å². The Labute approximate surface area is 147 Å². The number of carboxylic acid groups (broad SMARTS) is 1. The van der Waals surface area contributed by atoms with E-state index in [1.807, 2.05) is 11.8 Å². The van der Waals surface area contributed by atoms with Gasteiger partial charge >= 0.3 is 5.97 Å². The maximum atomic E-state index is 12.5. The Morgan fingerprint density at radius 3 is 2.44 bits per heavy atom. The summed E-state index contributed by atoms with van der Waals surface area (Å²) >= 11 is 0. The van der Waals surface area contributed by atoms with Crippen molar-refractivity contribution in [1.29, 1.82) is 0 Å². The van der Waals surface area contributed by atoms with E-state index in [0.717, 1.165) is 0 Å². The average molecular weight is 372 g/mol. The lowest BCUT2D eigenvalue weighted by Gasteiger charge is -2.42.